The van der Waals surface area contributed by atoms with Crippen molar-refractivity contribution in [1.29, 1.82) is 5.26 Å². The average molecular weight is 239 g/mol. The Hall–Kier alpha value is -2.61. The first-order chi connectivity index (χ1) is 8.79. The smallest absolute Gasteiger partial charge is 0.166 e. The van der Waals surface area contributed by atoms with E-state index in [1.165, 1.54) is 11.8 Å². The number of aromatic nitrogens is 2. The lowest BCUT2D eigenvalue weighted by Crippen LogP contribution is -2.08. The molecule has 5 heteroatoms. The molecule has 2 rings (SSSR count). The second-order valence-corrected chi connectivity index (χ2v) is 3.82. The molecule has 0 amide bonds. The molecule has 0 aliphatic heterocycles. The predicted molar refractivity (Wildman–Crippen MR) is 69.8 cm³/mol. The number of rotatable bonds is 4. The molecule has 0 spiro atoms. The average Bonchev–Trinajstić information content (AvgIpc) is 2.41. The molecule has 0 aliphatic rings. The standard InChI is InChI=1S/C13H13N5/c14-9-11-6-8-17-18-13(11)16-7-5-10-1-3-12(15)4-2-10/h1-4,6,8H,5,7,15H2,(H,16,18). The lowest BCUT2D eigenvalue weighted by Gasteiger charge is -2.06. The van der Waals surface area contributed by atoms with E-state index in [9.17, 15) is 0 Å². The summed E-state index contributed by atoms with van der Waals surface area (Å²) in [5.74, 6) is 0.524. The van der Waals surface area contributed by atoms with Crippen molar-refractivity contribution in [3.05, 3.63) is 47.7 Å². The first kappa shape index (κ1) is 11.9. The first-order valence-corrected chi connectivity index (χ1v) is 5.59. The van der Waals surface area contributed by atoms with Gasteiger partial charge < -0.3 is 11.1 Å². The molecule has 0 radical (unpaired) electrons. The maximum atomic E-state index is 8.89. The SMILES string of the molecule is N#Cc1ccnnc1NCCc1ccc(N)cc1. The fraction of sp³-hybridized carbons (Fsp3) is 0.154. The van der Waals surface area contributed by atoms with Gasteiger partial charge in [0.2, 0.25) is 0 Å². The van der Waals surface area contributed by atoms with E-state index in [2.05, 4.69) is 21.6 Å². The monoisotopic (exact) mass is 239 g/mol. The van der Waals surface area contributed by atoms with Crippen molar-refractivity contribution < 1.29 is 0 Å². The molecule has 0 unspecified atom stereocenters. The Labute approximate surface area is 105 Å². The van der Waals surface area contributed by atoms with Crippen LogP contribution in [0.15, 0.2) is 36.5 Å². The van der Waals surface area contributed by atoms with E-state index in [1.807, 2.05) is 24.3 Å². The fourth-order valence-electron chi connectivity index (χ4n) is 1.56. The van der Waals surface area contributed by atoms with Gasteiger partial charge in [-0.15, -0.1) is 5.10 Å². The van der Waals surface area contributed by atoms with E-state index < -0.39 is 0 Å². The van der Waals surface area contributed by atoms with Crippen molar-refractivity contribution in [1.82, 2.24) is 10.2 Å². The summed E-state index contributed by atoms with van der Waals surface area (Å²) in [4.78, 5) is 0. The van der Waals surface area contributed by atoms with Crippen molar-refractivity contribution >= 4 is 11.5 Å². The zero-order chi connectivity index (χ0) is 12.8. The lowest BCUT2D eigenvalue weighted by molar-refractivity contribution is 0.963. The van der Waals surface area contributed by atoms with Gasteiger partial charge in [-0.1, -0.05) is 12.1 Å². The summed E-state index contributed by atoms with van der Waals surface area (Å²) in [6.07, 6.45) is 2.34. The third-order valence-corrected chi connectivity index (χ3v) is 2.53. The van der Waals surface area contributed by atoms with Gasteiger partial charge in [0.05, 0.1) is 11.8 Å². The largest absolute Gasteiger partial charge is 0.399 e. The van der Waals surface area contributed by atoms with Crippen LogP contribution in [0.1, 0.15) is 11.1 Å². The number of nitrogens with zero attached hydrogens (tertiary/aromatic N) is 3. The molecule has 0 bridgehead atoms. The molecule has 90 valence electrons. The third kappa shape index (κ3) is 2.95. The number of nitriles is 1. The number of hydrogen-bond donors (Lipinski definition) is 2. The van der Waals surface area contributed by atoms with E-state index in [0.717, 1.165) is 12.1 Å². The molecule has 1 aromatic carbocycles. The van der Waals surface area contributed by atoms with Crippen LogP contribution < -0.4 is 11.1 Å². The predicted octanol–water partition coefficient (Wildman–Crippen LogP) is 1.59. The van der Waals surface area contributed by atoms with Crippen LogP contribution in [0.2, 0.25) is 0 Å². The highest BCUT2D eigenvalue weighted by atomic mass is 15.2. The number of anilines is 2. The van der Waals surface area contributed by atoms with Gasteiger partial charge in [-0.05, 0) is 30.2 Å². The van der Waals surface area contributed by atoms with Gasteiger partial charge in [0.15, 0.2) is 5.82 Å². The molecule has 0 fully saturated rings. The van der Waals surface area contributed by atoms with E-state index in [-0.39, 0.29) is 0 Å². The van der Waals surface area contributed by atoms with Crippen LogP contribution >= 0.6 is 0 Å². The van der Waals surface area contributed by atoms with Crippen LogP contribution in [0.4, 0.5) is 11.5 Å². The molecule has 1 heterocycles. The molecule has 2 aromatic rings. The molecule has 5 nitrogen and oxygen atoms in total. The topological polar surface area (TPSA) is 87.6 Å². The summed E-state index contributed by atoms with van der Waals surface area (Å²) >= 11 is 0. The summed E-state index contributed by atoms with van der Waals surface area (Å²) in [6.45, 7) is 0.692. The summed E-state index contributed by atoms with van der Waals surface area (Å²) in [6, 6.07) is 11.4. The minimum absolute atomic E-state index is 0.502. The maximum absolute atomic E-state index is 8.89. The molecular weight excluding hydrogens is 226 g/mol. The van der Waals surface area contributed by atoms with Gasteiger partial charge in [-0.3, -0.25) is 0 Å². The van der Waals surface area contributed by atoms with Gasteiger partial charge >= 0.3 is 0 Å². The van der Waals surface area contributed by atoms with Crippen LogP contribution in [0, 0.1) is 11.3 Å². The fourth-order valence-corrected chi connectivity index (χ4v) is 1.56. The number of hydrogen-bond acceptors (Lipinski definition) is 5. The molecule has 0 aliphatic carbocycles. The molecule has 0 atom stereocenters. The quantitative estimate of drug-likeness (QED) is 0.791. The second-order valence-electron chi connectivity index (χ2n) is 3.82. The molecule has 0 saturated heterocycles. The summed E-state index contributed by atoms with van der Waals surface area (Å²) in [7, 11) is 0. The Bertz CT molecular complexity index is 556. The normalized spacial score (nSPS) is 9.72. The number of nitrogen functional groups attached to an aromatic ring is 1. The second kappa shape index (κ2) is 5.64. The minimum Gasteiger partial charge on any atom is -0.399 e. The zero-order valence-electron chi connectivity index (χ0n) is 9.80. The minimum atomic E-state index is 0.502. The Balaban J connectivity index is 1.93. The summed E-state index contributed by atoms with van der Waals surface area (Å²) in [5.41, 5.74) is 8.05. The Morgan fingerprint density at radius 1 is 1.22 bits per heavy atom. The van der Waals surface area contributed by atoms with Crippen LogP contribution in [-0.4, -0.2) is 16.7 Å². The molecule has 18 heavy (non-hydrogen) atoms. The van der Waals surface area contributed by atoms with Gasteiger partial charge in [0.1, 0.15) is 6.07 Å². The van der Waals surface area contributed by atoms with Crippen LogP contribution in [-0.2, 0) is 6.42 Å². The van der Waals surface area contributed by atoms with Crippen LogP contribution in [0.3, 0.4) is 0 Å². The van der Waals surface area contributed by atoms with Gasteiger partial charge in [0.25, 0.3) is 0 Å². The van der Waals surface area contributed by atoms with Crippen LogP contribution in [0.25, 0.3) is 0 Å². The Morgan fingerprint density at radius 3 is 2.72 bits per heavy atom. The van der Waals surface area contributed by atoms with E-state index >= 15 is 0 Å². The van der Waals surface area contributed by atoms with Crippen molar-refractivity contribution in [2.75, 3.05) is 17.6 Å². The van der Waals surface area contributed by atoms with E-state index in [4.69, 9.17) is 11.0 Å². The maximum Gasteiger partial charge on any atom is 0.166 e. The zero-order valence-corrected chi connectivity index (χ0v) is 9.80. The van der Waals surface area contributed by atoms with Crippen molar-refractivity contribution in [3.8, 4) is 6.07 Å². The number of nitrogens with two attached hydrogens (primary N) is 1. The number of benzene rings is 1. The Kier molecular flexibility index (Phi) is 3.72. The molecule has 3 N–H and O–H groups in total. The summed E-state index contributed by atoms with van der Waals surface area (Å²) in [5, 5.41) is 19.6. The lowest BCUT2D eigenvalue weighted by atomic mass is 10.1. The van der Waals surface area contributed by atoms with Gasteiger partial charge in [-0.2, -0.15) is 10.4 Å². The highest BCUT2D eigenvalue weighted by Gasteiger charge is 2.02. The third-order valence-electron chi connectivity index (χ3n) is 2.53. The summed E-state index contributed by atoms with van der Waals surface area (Å²) < 4.78 is 0. The molecule has 0 saturated carbocycles. The van der Waals surface area contributed by atoms with E-state index in [0.29, 0.717) is 17.9 Å². The Morgan fingerprint density at radius 2 is 2.00 bits per heavy atom. The van der Waals surface area contributed by atoms with Gasteiger partial charge in [-0.25, -0.2) is 0 Å². The molecular formula is C13H13N5. The first-order valence-electron chi connectivity index (χ1n) is 5.59. The highest BCUT2D eigenvalue weighted by Crippen LogP contribution is 2.09. The van der Waals surface area contributed by atoms with Crippen molar-refractivity contribution in [3.63, 3.8) is 0 Å². The van der Waals surface area contributed by atoms with Crippen LogP contribution in [0.5, 0.6) is 0 Å². The van der Waals surface area contributed by atoms with Crippen molar-refractivity contribution in [2.45, 2.75) is 6.42 Å². The number of nitrogens with one attached hydrogen (secondary N) is 1. The molecule has 1 aromatic heterocycles. The highest BCUT2D eigenvalue weighted by molar-refractivity contribution is 5.50. The van der Waals surface area contributed by atoms with Crippen molar-refractivity contribution in [2.24, 2.45) is 0 Å². The van der Waals surface area contributed by atoms with Gasteiger partial charge in [0, 0.05) is 12.2 Å². The van der Waals surface area contributed by atoms with E-state index in [1.54, 1.807) is 6.07 Å².